The molecule has 186 valence electrons. The van der Waals surface area contributed by atoms with Crippen LogP contribution in [-0.2, 0) is 19.1 Å². The lowest BCUT2D eigenvalue weighted by atomic mass is 9.98. The van der Waals surface area contributed by atoms with Gasteiger partial charge in [-0.3, -0.25) is 14.5 Å². The molecule has 0 aromatic carbocycles. The Bertz CT molecular complexity index is 842. The molecule has 2 heterocycles. The zero-order chi connectivity index (χ0) is 25.0. The SMILES string of the molecule is C[C@@H](CC(=O)CCC[C@H](O)CC(=O)O)c1coc([C@H]2COC(C)(C)N2C(=O)OC(C)(C)C)n1. The van der Waals surface area contributed by atoms with Gasteiger partial charge >= 0.3 is 12.1 Å². The summed E-state index contributed by atoms with van der Waals surface area (Å²) in [6, 6.07) is -0.553. The molecule has 0 aliphatic carbocycles. The van der Waals surface area contributed by atoms with Gasteiger partial charge < -0.3 is 24.1 Å². The van der Waals surface area contributed by atoms with Gasteiger partial charge in [-0.05, 0) is 47.5 Å². The van der Waals surface area contributed by atoms with Crippen molar-refractivity contribution in [3.63, 3.8) is 0 Å². The topological polar surface area (TPSA) is 139 Å². The smallest absolute Gasteiger partial charge is 0.413 e. The first-order chi connectivity index (χ1) is 15.2. The second-order valence-corrected chi connectivity index (χ2v) is 10.0. The Morgan fingerprint density at radius 3 is 2.58 bits per heavy atom. The Morgan fingerprint density at radius 1 is 1.30 bits per heavy atom. The van der Waals surface area contributed by atoms with Crippen molar-refractivity contribution in [2.24, 2.45) is 0 Å². The first-order valence-electron chi connectivity index (χ1n) is 11.2. The fourth-order valence-corrected chi connectivity index (χ4v) is 3.71. The minimum Gasteiger partial charge on any atom is -0.481 e. The number of aliphatic hydroxyl groups excluding tert-OH is 1. The van der Waals surface area contributed by atoms with Gasteiger partial charge in [0.05, 0.1) is 24.8 Å². The van der Waals surface area contributed by atoms with E-state index in [4.69, 9.17) is 19.0 Å². The van der Waals surface area contributed by atoms with Crippen molar-refractivity contribution in [1.82, 2.24) is 9.88 Å². The van der Waals surface area contributed by atoms with E-state index >= 15 is 0 Å². The predicted molar refractivity (Wildman–Crippen MR) is 117 cm³/mol. The van der Waals surface area contributed by atoms with Gasteiger partial charge in [-0.25, -0.2) is 9.78 Å². The third-order valence-corrected chi connectivity index (χ3v) is 5.34. The molecule has 2 N–H and O–H groups in total. The summed E-state index contributed by atoms with van der Waals surface area (Å²) in [7, 11) is 0. The number of hydrogen-bond donors (Lipinski definition) is 2. The average molecular weight is 469 g/mol. The van der Waals surface area contributed by atoms with Crippen LogP contribution in [0.1, 0.15) is 97.2 Å². The average Bonchev–Trinajstić information content (AvgIpc) is 3.23. The Hall–Kier alpha value is -2.46. The lowest BCUT2D eigenvalue weighted by Crippen LogP contribution is -2.47. The number of carbonyl (C=O) groups excluding carboxylic acids is 2. The molecule has 1 aromatic heterocycles. The molecule has 0 radical (unpaired) electrons. The standard InChI is InChI=1S/C23H36N2O8/c1-14(10-15(26)8-7-9-16(27)11-19(28)29)17-12-31-20(24-17)18-13-32-23(5,6)25(18)21(30)33-22(2,3)4/h12,14,16,18,27H,7-11,13H2,1-6H3,(H,28,29)/t14-,16-,18+/m0/s1. The molecule has 0 spiro atoms. The number of nitrogens with zero attached hydrogens (tertiary/aromatic N) is 2. The molecule has 10 heteroatoms. The molecule has 10 nitrogen and oxygen atoms in total. The summed E-state index contributed by atoms with van der Waals surface area (Å²) in [6.45, 7) is 11.0. The minimum atomic E-state index is -1.06. The van der Waals surface area contributed by atoms with Gasteiger partial charge in [-0.15, -0.1) is 0 Å². The molecule has 3 atom stereocenters. The van der Waals surface area contributed by atoms with Crippen LogP contribution in [-0.4, -0.2) is 62.0 Å². The number of rotatable bonds is 10. The van der Waals surface area contributed by atoms with E-state index in [9.17, 15) is 19.5 Å². The van der Waals surface area contributed by atoms with Gasteiger partial charge in [0.15, 0.2) is 0 Å². The normalized spacial score (nSPS) is 19.8. The second-order valence-electron chi connectivity index (χ2n) is 10.0. The highest BCUT2D eigenvalue weighted by atomic mass is 16.6. The van der Waals surface area contributed by atoms with Crippen LogP contribution < -0.4 is 0 Å². The van der Waals surface area contributed by atoms with E-state index < -0.39 is 35.5 Å². The highest BCUT2D eigenvalue weighted by Crippen LogP contribution is 2.38. The second kappa shape index (κ2) is 10.6. The molecule has 1 amide bonds. The maximum Gasteiger partial charge on any atom is 0.413 e. The van der Waals surface area contributed by atoms with Crippen LogP contribution in [0.2, 0.25) is 0 Å². The van der Waals surface area contributed by atoms with Crippen molar-refractivity contribution in [3.8, 4) is 0 Å². The number of ether oxygens (including phenoxy) is 2. The molecule has 1 aliphatic rings. The third-order valence-electron chi connectivity index (χ3n) is 5.34. The van der Waals surface area contributed by atoms with Crippen LogP contribution in [0.15, 0.2) is 10.7 Å². The van der Waals surface area contributed by atoms with Crippen molar-refractivity contribution in [2.75, 3.05) is 6.61 Å². The van der Waals surface area contributed by atoms with Gasteiger partial charge in [-0.1, -0.05) is 6.92 Å². The Labute approximate surface area is 194 Å². The van der Waals surface area contributed by atoms with E-state index in [1.165, 1.54) is 11.2 Å². The van der Waals surface area contributed by atoms with Crippen LogP contribution in [0.4, 0.5) is 4.79 Å². The van der Waals surface area contributed by atoms with Crippen LogP contribution in [0.25, 0.3) is 0 Å². The monoisotopic (exact) mass is 468 g/mol. The summed E-state index contributed by atoms with van der Waals surface area (Å²) in [5, 5.41) is 18.3. The minimum absolute atomic E-state index is 0.00436. The van der Waals surface area contributed by atoms with Crippen LogP contribution >= 0.6 is 0 Å². The Kier molecular flexibility index (Phi) is 8.64. The molecule has 1 saturated heterocycles. The van der Waals surface area contributed by atoms with Crippen molar-refractivity contribution in [1.29, 1.82) is 0 Å². The molecule has 0 unspecified atom stereocenters. The summed E-state index contributed by atoms with van der Waals surface area (Å²) in [4.78, 5) is 41.7. The number of oxazole rings is 1. The van der Waals surface area contributed by atoms with E-state index in [0.29, 0.717) is 18.0 Å². The first-order valence-corrected chi connectivity index (χ1v) is 11.2. The number of carboxylic acid groups (broad SMARTS) is 1. The number of Topliss-reactive ketones (excluding diaryl/α,β-unsaturated/α-hetero) is 1. The van der Waals surface area contributed by atoms with Crippen molar-refractivity contribution in [2.45, 2.75) is 103 Å². The van der Waals surface area contributed by atoms with E-state index in [0.717, 1.165) is 0 Å². The number of aromatic nitrogens is 1. The summed E-state index contributed by atoms with van der Waals surface area (Å²) >= 11 is 0. The lowest BCUT2D eigenvalue weighted by Gasteiger charge is -2.34. The molecule has 1 fully saturated rings. The molecule has 0 saturated carbocycles. The predicted octanol–water partition coefficient (Wildman–Crippen LogP) is 3.79. The highest BCUT2D eigenvalue weighted by molar-refractivity contribution is 5.79. The number of ketones is 1. The quantitative estimate of drug-likeness (QED) is 0.525. The largest absolute Gasteiger partial charge is 0.481 e. The molecule has 33 heavy (non-hydrogen) atoms. The molecular weight excluding hydrogens is 432 g/mol. The Balaban J connectivity index is 1.97. The third kappa shape index (κ3) is 7.82. The summed E-state index contributed by atoms with van der Waals surface area (Å²) in [6.07, 6.45) is 0.866. The molecule has 2 rings (SSSR count). The maximum absolute atomic E-state index is 12.8. The highest BCUT2D eigenvalue weighted by Gasteiger charge is 2.48. The fourth-order valence-electron chi connectivity index (χ4n) is 3.71. The summed E-state index contributed by atoms with van der Waals surface area (Å²) in [5.41, 5.74) is -0.965. The van der Waals surface area contributed by atoms with E-state index in [-0.39, 0.29) is 44.0 Å². The van der Waals surface area contributed by atoms with Crippen molar-refractivity contribution >= 4 is 17.8 Å². The zero-order valence-electron chi connectivity index (χ0n) is 20.3. The van der Waals surface area contributed by atoms with Crippen LogP contribution in [0.5, 0.6) is 0 Å². The summed E-state index contributed by atoms with van der Waals surface area (Å²) < 4.78 is 17.0. The number of aliphatic hydroxyl groups is 1. The molecule has 1 aliphatic heterocycles. The number of aliphatic carboxylic acids is 1. The van der Waals surface area contributed by atoms with Gasteiger partial charge in [0.2, 0.25) is 5.89 Å². The number of amides is 1. The van der Waals surface area contributed by atoms with Gasteiger partial charge in [0.1, 0.15) is 29.4 Å². The Morgan fingerprint density at radius 2 is 1.97 bits per heavy atom. The number of hydrogen-bond acceptors (Lipinski definition) is 8. The lowest BCUT2D eigenvalue weighted by molar-refractivity contribution is -0.139. The van der Waals surface area contributed by atoms with Gasteiger partial charge in [-0.2, -0.15) is 0 Å². The first kappa shape index (κ1) is 26.8. The van der Waals surface area contributed by atoms with Gasteiger partial charge in [0, 0.05) is 18.8 Å². The fraction of sp³-hybridized carbons (Fsp3) is 0.739. The molecule has 0 bridgehead atoms. The van der Waals surface area contributed by atoms with Crippen molar-refractivity contribution in [3.05, 3.63) is 17.8 Å². The van der Waals surface area contributed by atoms with Crippen LogP contribution in [0.3, 0.4) is 0 Å². The van der Waals surface area contributed by atoms with Crippen molar-refractivity contribution < 1.29 is 38.5 Å². The van der Waals surface area contributed by atoms with E-state index in [1.807, 2.05) is 6.92 Å². The molecule has 1 aromatic rings. The zero-order valence-corrected chi connectivity index (χ0v) is 20.3. The van der Waals surface area contributed by atoms with E-state index in [2.05, 4.69) is 4.98 Å². The van der Waals surface area contributed by atoms with Gasteiger partial charge in [0.25, 0.3) is 0 Å². The summed E-state index contributed by atoms with van der Waals surface area (Å²) in [5.74, 6) is -0.956. The molecular formula is C23H36N2O8. The number of carbonyl (C=O) groups is 3. The van der Waals surface area contributed by atoms with E-state index in [1.54, 1.807) is 34.6 Å². The maximum atomic E-state index is 12.8. The van der Waals surface area contributed by atoms with Crippen LogP contribution in [0, 0.1) is 0 Å². The number of carboxylic acids is 1.